The highest BCUT2D eigenvalue weighted by molar-refractivity contribution is 5.97. The van der Waals surface area contributed by atoms with E-state index in [0.29, 0.717) is 27.9 Å². The van der Waals surface area contributed by atoms with Crippen LogP contribution >= 0.6 is 0 Å². The Morgan fingerprint density at radius 3 is 2.52 bits per heavy atom. The molecule has 2 aromatic carbocycles. The van der Waals surface area contributed by atoms with Gasteiger partial charge in [0.15, 0.2) is 11.6 Å². The normalized spacial score (nSPS) is 11.0. The Hall–Kier alpha value is -3.34. The average Bonchev–Trinajstić information content (AvgIpc) is 2.63. The van der Waals surface area contributed by atoms with Gasteiger partial charge >= 0.3 is 0 Å². The molecule has 0 aliphatic heterocycles. The number of aromatic amines is 1. The van der Waals surface area contributed by atoms with Crippen LogP contribution in [-0.4, -0.2) is 9.97 Å². The van der Waals surface area contributed by atoms with Gasteiger partial charge in [-0.15, -0.1) is 0 Å². The summed E-state index contributed by atoms with van der Waals surface area (Å²) in [7, 11) is 0. The monoisotopic (exact) mass is 334 g/mol. The molecule has 122 valence electrons. The average molecular weight is 334 g/mol. The molecule has 5 heteroatoms. The molecule has 0 saturated carbocycles. The van der Waals surface area contributed by atoms with Crippen molar-refractivity contribution in [1.29, 1.82) is 0 Å². The molecule has 0 spiro atoms. The molecule has 0 aliphatic carbocycles. The fourth-order valence-corrected chi connectivity index (χ4v) is 2.92. The summed E-state index contributed by atoms with van der Waals surface area (Å²) >= 11 is 0. The molecular weight excluding hydrogens is 322 g/mol. The molecule has 0 aliphatic rings. The molecule has 1 N–H and O–H groups in total. The summed E-state index contributed by atoms with van der Waals surface area (Å²) in [5.74, 6) is -1.85. The van der Waals surface area contributed by atoms with Gasteiger partial charge in [-0.3, -0.25) is 9.78 Å². The van der Waals surface area contributed by atoms with Gasteiger partial charge in [-0.25, -0.2) is 8.78 Å². The Bertz CT molecular complexity index is 1150. The van der Waals surface area contributed by atoms with Crippen molar-refractivity contribution in [3.8, 4) is 22.4 Å². The number of halogens is 2. The quantitative estimate of drug-likeness (QED) is 0.585. The molecule has 0 radical (unpaired) electrons. The third-order valence-corrected chi connectivity index (χ3v) is 4.04. The molecule has 0 amide bonds. The summed E-state index contributed by atoms with van der Waals surface area (Å²) in [6, 6.07) is 16.1. The third kappa shape index (κ3) is 2.70. The lowest BCUT2D eigenvalue weighted by Crippen LogP contribution is -2.05. The first-order valence-corrected chi connectivity index (χ1v) is 7.66. The lowest BCUT2D eigenvalue weighted by molar-refractivity contribution is 0.509. The van der Waals surface area contributed by atoms with Gasteiger partial charge in [0.1, 0.15) is 0 Å². The highest BCUT2D eigenvalue weighted by atomic mass is 19.2. The number of fused-ring (bicyclic) bond motifs is 1. The van der Waals surface area contributed by atoms with Gasteiger partial charge < -0.3 is 4.98 Å². The number of rotatable bonds is 2. The Balaban J connectivity index is 2.02. The summed E-state index contributed by atoms with van der Waals surface area (Å²) < 4.78 is 26.9. The highest BCUT2D eigenvalue weighted by Crippen LogP contribution is 2.33. The Kier molecular flexibility index (Phi) is 3.61. The van der Waals surface area contributed by atoms with E-state index < -0.39 is 11.6 Å². The van der Waals surface area contributed by atoms with Crippen molar-refractivity contribution in [3.63, 3.8) is 0 Å². The molecule has 3 nitrogen and oxygen atoms in total. The molecule has 0 atom stereocenters. The van der Waals surface area contributed by atoms with Crippen LogP contribution < -0.4 is 5.56 Å². The second-order valence-corrected chi connectivity index (χ2v) is 5.62. The van der Waals surface area contributed by atoms with Crippen molar-refractivity contribution in [3.05, 3.63) is 88.8 Å². The van der Waals surface area contributed by atoms with Gasteiger partial charge in [-0.05, 0) is 35.9 Å². The first-order valence-electron chi connectivity index (χ1n) is 7.66. The fraction of sp³-hybridized carbons (Fsp3) is 0. The molecule has 0 unspecified atom stereocenters. The van der Waals surface area contributed by atoms with Gasteiger partial charge in [-0.1, -0.05) is 24.3 Å². The zero-order valence-corrected chi connectivity index (χ0v) is 13.0. The van der Waals surface area contributed by atoms with Gasteiger partial charge in [-0.2, -0.15) is 0 Å². The van der Waals surface area contributed by atoms with E-state index in [-0.39, 0.29) is 5.56 Å². The fourth-order valence-electron chi connectivity index (χ4n) is 2.92. The second kappa shape index (κ2) is 5.94. The molecule has 25 heavy (non-hydrogen) atoms. The zero-order valence-electron chi connectivity index (χ0n) is 13.0. The van der Waals surface area contributed by atoms with E-state index in [1.54, 1.807) is 12.3 Å². The largest absolute Gasteiger partial charge is 0.322 e. The number of nitrogens with zero attached hydrogens (tertiary/aromatic N) is 1. The van der Waals surface area contributed by atoms with Crippen molar-refractivity contribution in [2.45, 2.75) is 0 Å². The topological polar surface area (TPSA) is 45.8 Å². The number of H-pyrrole nitrogens is 1. The van der Waals surface area contributed by atoms with Crippen molar-refractivity contribution in [1.82, 2.24) is 9.97 Å². The molecular formula is C20H12F2N2O. The summed E-state index contributed by atoms with van der Waals surface area (Å²) in [5, 5.41) is 0.846. The minimum Gasteiger partial charge on any atom is -0.322 e. The van der Waals surface area contributed by atoms with Crippen LogP contribution in [0.15, 0.2) is 71.7 Å². The Morgan fingerprint density at radius 2 is 1.68 bits per heavy atom. The molecule has 0 saturated heterocycles. The number of nitrogens with one attached hydrogen (secondary N) is 1. The van der Waals surface area contributed by atoms with Gasteiger partial charge in [0.05, 0.1) is 5.69 Å². The SMILES string of the molecule is O=c1cc(-c2cccnc2-c2ccc(F)c(F)c2)c2ccccc2[nH]1. The Labute approximate surface area is 141 Å². The minimum absolute atomic E-state index is 0.242. The summed E-state index contributed by atoms with van der Waals surface area (Å²) in [6.45, 7) is 0. The maximum Gasteiger partial charge on any atom is 0.249 e. The predicted molar refractivity (Wildman–Crippen MR) is 93.2 cm³/mol. The van der Waals surface area contributed by atoms with E-state index in [1.807, 2.05) is 30.3 Å². The third-order valence-electron chi connectivity index (χ3n) is 4.04. The summed E-state index contributed by atoms with van der Waals surface area (Å²) in [6.07, 6.45) is 1.58. The highest BCUT2D eigenvalue weighted by Gasteiger charge is 2.14. The van der Waals surface area contributed by atoms with E-state index in [0.717, 1.165) is 17.5 Å². The van der Waals surface area contributed by atoms with Crippen molar-refractivity contribution < 1.29 is 8.78 Å². The first-order chi connectivity index (χ1) is 12.1. The molecule has 4 rings (SSSR count). The van der Waals surface area contributed by atoms with Crippen LogP contribution in [0.4, 0.5) is 8.78 Å². The Morgan fingerprint density at radius 1 is 0.840 bits per heavy atom. The van der Waals surface area contributed by atoms with Crippen LogP contribution in [0.5, 0.6) is 0 Å². The van der Waals surface area contributed by atoms with Crippen LogP contribution in [0.25, 0.3) is 33.3 Å². The zero-order chi connectivity index (χ0) is 17.4. The van der Waals surface area contributed by atoms with Gasteiger partial charge in [0.25, 0.3) is 0 Å². The minimum atomic E-state index is -0.940. The van der Waals surface area contributed by atoms with E-state index in [4.69, 9.17) is 0 Å². The maximum atomic E-state index is 13.7. The molecule has 0 bridgehead atoms. The van der Waals surface area contributed by atoms with E-state index in [9.17, 15) is 13.6 Å². The number of benzene rings is 2. The standard InChI is InChI=1S/C20H12F2N2O/c21-16-8-7-12(10-17(16)22)20-14(5-3-9-23-20)15-11-19(25)24-18-6-2-1-4-13(15)18/h1-11H,(H,24,25). The van der Waals surface area contributed by atoms with Crippen molar-refractivity contribution in [2.75, 3.05) is 0 Å². The maximum absolute atomic E-state index is 13.7. The smallest absolute Gasteiger partial charge is 0.249 e. The molecule has 2 heterocycles. The van der Waals surface area contributed by atoms with Crippen LogP contribution in [0, 0.1) is 11.6 Å². The van der Waals surface area contributed by atoms with Crippen LogP contribution in [-0.2, 0) is 0 Å². The number of para-hydroxylation sites is 1. The van der Waals surface area contributed by atoms with Crippen molar-refractivity contribution >= 4 is 10.9 Å². The van der Waals surface area contributed by atoms with Crippen LogP contribution in [0.1, 0.15) is 0 Å². The second-order valence-electron chi connectivity index (χ2n) is 5.62. The summed E-state index contributed by atoms with van der Waals surface area (Å²) in [5.41, 5.74) is 2.75. The summed E-state index contributed by atoms with van der Waals surface area (Å²) in [4.78, 5) is 19.2. The lowest BCUT2D eigenvalue weighted by atomic mass is 9.96. The van der Waals surface area contributed by atoms with Crippen molar-refractivity contribution in [2.24, 2.45) is 0 Å². The lowest BCUT2D eigenvalue weighted by Gasteiger charge is -2.11. The van der Waals surface area contributed by atoms with Crippen LogP contribution in [0.2, 0.25) is 0 Å². The molecule has 2 aromatic heterocycles. The van der Waals surface area contributed by atoms with E-state index >= 15 is 0 Å². The number of hydrogen-bond acceptors (Lipinski definition) is 2. The van der Waals surface area contributed by atoms with E-state index in [1.165, 1.54) is 12.1 Å². The van der Waals surface area contributed by atoms with Gasteiger partial charge in [0.2, 0.25) is 5.56 Å². The number of hydrogen-bond donors (Lipinski definition) is 1. The van der Waals surface area contributed by atoms with E-state index in [2.05, 4.69) is 9.97 Å². The number of pyridine rings is 2. The van der Waals surface area contributed by atoms with Crippen LogP contribution in [0.3, 0.4) is 0 Å². The number of aromatic nitrogens is 2. The first kappa shape index (κ1) is 15.2. The van der Waals surface area contributed by atoms with Gasteiger partial charge in [0, 0.05) is 34.3 Å². The predicted octanol–water partition coefficient (Wildman–Crippen LogP) is 4.54. The molecule has 4 aromatic rings. The molecule has 0 fully saturated rings.